The van der Waals surface area contributed by atoms with Gasteiger partial charge in [-0.3, -0.25) is 20.2 Å². The molecule has 0 radical (unpaired) electrons. The Kier molecular flexibility index (Phi) is 5.05. The molecule has 0 amide bonds. The van der Waals surface area contributed by atoms with Gasteiger partial charge in [0, 0.05) is 29.8 Å². The first-order valence-electron chi connectivity index (χ1n) is 6.78. The van der Waals surface area contributed by atoms with E-state index in [1.165, 1.54) is 24.3 Å². The molecule has 0 aromatic heterocycles. The third-order valence-electron chi connectivity index (χ3n) is 3.28. The summed E-state index contributed by atoms with van der Waals surface area (Å²) in [5.74, 6) is 0.0232. The van der Waals surface area contributed by atoms with E-state index >= 15 is 0 Å². The molecule has 9 nitrogen and oxygen atoms in total. The van der Waals surface area contributed by atoms with Crippen LogP contribution >= 0.6 is 0 Å². The molecule has 0 aliphatic rings. The maximum absolute atomic E-state index is 10.8. The van der Waals surface area contributed by atoms with Crippen molar-refractivity contribution in [2.45, 2.75) is 12.8 Å². The van der Waals surface area contributed by atoms with Crippen molar-refractivity contribution in [2.75, 3.05) is 0 Å². The molecule has 124 valence electrons. The molecular weight excluding hydrogens is 320 g/mol. The van der Waals surface area contributed by atoms with Crippen molar-refractivity contribution < 1.29 is 24.5 Å². The summed E-state index contributed by atoms with van der Waals surface area (Å²) in [6, 6.07) is 9.52. The maximum Gasteiger partial charge on any atom is 0.511 e. The fourth-order valence-corrected chi connectivity index (χ4v) is 2.13. The second kappa shape index (κ2) is 7.18. The quantitative estimate of drug-likeness (QED) is 0.371. The van der Waals surface area contributed by atoms with Crippen LogP contribution in [0.25, 0.3) is 0 Å². The van der Waals surface area contributed by atoms with E-state index < -0.39 is 16.0 Å². The minimum atomic E-state index is -1.51. The van der Waals surface area contributed by atoms with E-state index in [9.17, 15) is 25.0 Å². The second-order valence-electron chi connectivity index (χ2n) is 4.84. The first-order chi connectivity index (χ1) is 11.4. The predicted octanol–water partition coefficient (Wildman–Crippen LogP) is 3.35. The number of hydrogen-bond acceptors (Lipinski definition) is 6. The Balaban J connectivity index is 2.19. The summed E-state index contributed by atoms with van der Waals surface area (Å²) in [6.07, 6.45) is -0.822. The Hall–Kier alpha value is -3.49. The molecule has 0 aliphatic heterocycles. The molecule has 0 unspecified atom stereocenters. The molecule has 9 heteroatoms. The van der Waals surface area contributed by atoms with Gasteiger partial charge in [0.1, 0.15) is 5.75 Å². The fraction of sp³-hybridized carbons (Fsp3) is 0.133. The summed E-state index contributed by atoms with van der Waals surface area (Å²) in [5, 5.41) is 30.2. The minimum Gasteiger partial charge on any atom is -0.449 e. The van der Waals surface area contributed by atoms with Gasteiger partial charge in [0.15, 0.2) is 0 Å². The molecule has 0 bridgehead atoms. The van der Waals surface area contributed by atoms with Crippen LogP contribution in [0.2, 0.25) is 0 Å². The highest BCUT2D eigenvalue weighted by atomic mass is 16.7. The third-order valence-corrected chi connectivity index (χ3v) is 3.28. The Morgan fingerprint density at radius 1 is 0.958 bits per heavy atom. The van der Waals surface area contributed by atoms with Crippen molar-refractivity contribution in [3.8, 4) is 5.75 Å². The van der Waals surface area contributed by atoms with E-state index in [1.54, 1.807) is 12.1 Å². The Morgan fingerprint density at radius 3 is 2.08 bits per heavy atom. The zero-order chi connectivity index (χ0) is 17.7. The van der Waals surface area contributed by atoms with Crippen molar-refractivity contribution in [1.29, 1.82) is 0 Å². The number of carboxylic acid groups (broad SMARTS) is 1. The predicted molar refractivity (Wildman–Crippen MR) is 82.3 cm³/mol. The number of carbonyl (C=O) groups is 1. The van der Waals surface area contributed by atoms with Crippen LogP contribution in [0.3, 0.4) is 0 Å². The van der Waals surface area contributed by atoms with E-state index in [4.69, 9.17) is 5.11 Å². The Labute approximate surface area is 135 Å². The lowest BCUT2D eigenvalue weighted by molar-refractivity contribution is -0.385. The van der Waals surface area contributed by atoms with Gasteiger partial charge in [0.25, 0.3) is 11.4 Å². The molecule has 0 fully saturated rings. The van der Waals surface area contributed by atoms with Crippen LogP contribution in [0.1, 0.15) is 11.1 Å². The van der Waals surface area contributed by atoms with Crippen molar-refractivity contribution in [3.63, 3.8) is 0 Å². The molecule has 0 saturated heterocycles. The van der Waals surface area contributed by atoms with Crippen LogP contribution in [-0.2, 0) is 12.8 Å². The molecule has 0 aliphatic carbocycles. The summed E-state index contributed by atoms with van der Waals surface area (Å²) in [4.78, 5) is 31.1. The first kappa shape index (κ1) is 16.9. The van der Waals surface area contributed by atoms with Crippen LogP contribution in [0.5, 0.6) is 5.75 Å². The van der Waals surface area contributed by atoms with E-state index in [0.29, 0.717) is 12.0 Å². The van der Waals surface area contributed by atoms with E-state index in [-0.39, 0.29) is 23.5 Å². The molecule has 2 rings (SSSR count). The lowest BCUT2D eigenvalue weighted by Crippen LogP contribution is -2.06. The number of benzene rings is 2. The molecule has 0 saturated carbocycles. The average molecular weight is 332 g/mol. The normalized spacial score (nSPS) is 10.2. The summed E-state index contributed by atoms with van der Waals surface area (Å²) < 4.78 is 4.62. The van der Waals surface area contributed by atoms with Crippen molar-refractivity contribution in [3.05, 3.63) is 73.8 Å². The highest BCUT2D eigenvalue weighted by Crippen LogP contribution is 2.26. The number of nitrogens with zero attached hydrogens (tertiary/aromatic N) is 2. The van der Waals surface area contributed by atoms with Crippen LogP contribution < -0.4 is 4.74 Å². The van der Waals surface area contributed by atoms with Gasteiger partial charge in [0.05, 0.1) is 9.85 Å². The number of hydrogen-bond donors (Lipinski definition) is 1. The summed E-state index contributed by atoms with van der Waals surface area (Å²) in [5.41, 5.74) is 0.925. The van der Waals surface area contributed by atoms with Crippen LogP contribution in [0.15, 0.2) is 42.5 Å². The summed E-state index contributed by atoms with van der Waals surface area (Å²) >= 11 is 0. The molecule has 2 aromatic carbocycles. The van der Waals surface area contributed by atoms with Crippen LogP contribution in [-0.4, -0.2) is 21.1 Å². The fourth-order valence-electron chi connectivity index (χ4n) is 2.13. The van der Waals surface area contributed by atoms with Crippen LogP contribution in [0, 0.1) is 20.2 Å². The zero-order valence-electron chi connectivity index (χ0n) is 12.2. The molecule has 2 aromatic rings. The highest BCUT2D eigenvalue weighted by Gasteiger charge is 2.14. The minimum absolute atomic E-state index is 0.0232. The Morgan fingerprint density at radius 2 is 1.54 bits per heavy atom. The number of rotatable bonds is 6. The molecule has 0 spiro atoms. The van der Waals surface area contributed by atoms with Crippen molar-refractivity contribution in [2.24, 2.45) is 0 Å². The topological polar surface area (TPSA) is 133 Å². The summed E-state index contributed by atoms with van der Waals surface area (Å²) in [7, 11) is 0. The second-order valence-corrected chi connectivity index (χ2v) is 4.84. The van der Waals surface area contributed by atoms with Gasteiger partial charge in [-0.05, 0) is 24.5 Å². The zero-order valence-corrected chi connectivity index (χ0v) is 12.2. The SMILES string of the molecule is O=C(O)Oc1ccc([N+](=O)[O-])cc1CCc1ccc([N+](=O)[O-])cc1. The standard InChI is InChI=1S/C15H12N2O7/c18-15(19)24-14-8-7-13(17(22)23)9-11(14)4-1-10-2-5-12(6-3-10)16(20)21/h2-3,5-9H,1,4H2,(H,18,19). The lowest BCUT2D eigenvalue weighted by atomic mass is 10.0. The van der Waals surface area contributed by atoms with E-state index in [1.807, 2.05) is 0 Å². The smallest absolute Gasteiger partial charge is 0.449 e. The van der Waals surface area contributed by atoms with E-state index in [0.717, 1.165) is 11.6 Å². The van der Waals surface area contributed by atoms with Gasteiger partial charge < -0.3 is 9.84 Å². The maximum atomic E-state index is 10.8. The van der Waals surface area contributed by atoms with Gasteiger partial charge in [-0.25, -0.2) is 4.79 Å². The molecular formula is C15H12N2O7. The van der Waals surface area contributed by atoms with Crippen molar-refractivity contribution in [1.82, 2.24) is 0 Å². The number of nitro groups is 2. The van der Waals surface area contributed by atoms with E-state index in [2.05, 4.69) is 4.74 Å². The largest absolute Gasteiger partial charge is 0.511 e. The number of non-ortho nitro benzene ring substituents is 2. The average Bonchev–Trinajstić information content (AvgIpc) is 2.53. The van der Waals surface area contributed by atoms with Crippen LogP contribution in [0.4, 0.5) is 16.2 Å². The van der Waals surface area contributed by atoms with Crippen molar-refractivity contribution >= 4 is 17.5 Å². The summed E-state index contributed by atoms with van der Waals surface area (Å²) in [6.45, 7) is 0. The van der Waals surface area contributed by atoms with Gasteiger partial charge >= 0.3 is 6.16 Å². The van der Waals surface area contributed by atoms with Gasteiger partial charge in [-0.1, -0.05) is 12.1 Å². The lowest BCUT2D eigenvalue weighted by Gasteiger charge is -2.08. The molecule has 24 heavy (non-hydrogen) atoms. The number of aryl methyl sites for hydroxylation is 2. The third kappa shape index (κ3) is 4.26. The number of ether oxygens (including phenoxy) is 1. The van der Waals surface area contributed by atoms with Gasteiger partial charge in [-0.15, -0.1) is 0 Å². The highest BCUT2D eigenvalue weighted by molar-refractivity contribution is 5.62. The molecule has 1 N–H and O–H groups in total. The molecule has 0 atom stereocenters. The monoisotopic (exact) mass is 332 g/mol. The number of nitro benzene ring substituents is 2. The molecule has 0 heterocycles. The Bertz CT molecular complexity index is 787. The van der Waals surface area contributed by atoms with Gasteiger partial charge in [0.2, 0.25) is 0 Å². The first-order valence-corrected chi connectivity index (χ1v) is 6.78. The van der Waals surface area contributed by atoms with Gasteiger partial charge in [-0.2, -0.15) is 0 Å².